The lowest BCUT2D eigenvalue weighted by molar-refractivity contribution is 0.0996. The lowest BCUT2D eigenvalue weighted by Crippen LogP contribution is -2.42. The zero-order chi connectivity index (χ0) is 13.0. The molecule has 1 atom stereocenters. The third-order valence-corrected chi connectivity index (χ3v) is 5.58. The molecule has 19 heavy (non-hydrogen) atoms. The molecule has 110 valence electrons. The molecule has 3 aliphatic rings. The molecule has 3 heteroatoms. The van der Waals surface area contributed by atoms with Gasteiger partial charge in [-0.1, -0.05) is 12.8 Å². The van der Waals surface area contributed by atoms with Gasteiger partial charge in [0.1, 0.15) is 0 Å². The first-order valence-electron chi connectivity index (χ1n) is 8.41. The maximum absolute atomic E-state index is 5.63. The topological polar surface area (TPSA) is 24.5 Å². The summed E-state index contributed by atoms with van der Waals surface area (Å²) in [5.41, 5.74) is 0.765. The van der Waals surface area contributed by atoms with E-state index in [2.05, 4.69) is 10.2 Å². The van der Waals surface area contributed by atoms with Crippen molar-refractivity contribution in [2.75, 3.05) is 39.3 Å². The minimum Gasteiger partial charge on any atom is -0.377 e. The highest BCUT2D eigenvalue weighted by Gasteiger charge is 2.36. The fourth-order valence-corrected chi connectivity index (χ4v) is 4.18. The molecule has 1 unspecified atom stereocenters. The molecule has 3 nitrogen and oxygen atoms in total. The van der Waals surface area contributed by atoms with Gasteiger partial charge >= 0.3 is 0 Å². The van der Waals surface area contributed by atoms with E-state index in [0.29, 0.717) is 6.10 Å². The number of nitrogens with one attached hydrogen (secondary N) is 1. The van der Waals surface area contributed by atoms with Gasteiger partial charge in [-0.2, -0.15) is 0 Å². The van der Waals surface area contributed by atoms with Gasteiger partial charge in [-0.25, -0.2) is 0 Å². The van der Waals surface area contributed by atoms with E-state index < -0.39 is 0 Å². The molecule has 1 aliphatic carbocycles. The van der Waals surface area contributed by atoms with Crippen molar-refractivity contribution in [2.24, 2.45) is 5.41 Å². The molecule has 3 rings (SSSR count). The molecule has 2 aliphatic heterocycles. The van der Waals surface area contributed by atoms with Crippen LogP contribution in [-0.2, 0) is 4.74 Å². The number of piperidine rings is 1. The number of hydrogen-bond donors (Lipinski definition) is 1. The van der Waals surface area contributed by atoms with E-state index in [9.17, 15) is 0 Å². The third kappa shape index (κ3) is 3.71. The van der Waals surface area contributed by atoms with Gasteiger partial charge in [-0.15, -0.1) is 0 Å². The summed E-state index contributed by atoms with van der Waals surface area (Å²) in [5.74, 6) is 0. The third-order valence-electron chi connectivity index (χ3n) is 5.58. The second-order valence-electron chi connectivity index (χ2n) is 6.89. The maximum atomic E-state index is 5.63. The smallest absolute Gasteiger partial charge is 0.0700 e. The van der Waals surface area contributed by atoms with Crippen LogP contribution in [0.4, 0.5) is 0 Å². The van der Waals surface area contributed by atoms with Crippen LogP contribution in [0.5, 0.6) is 0 Å². The van der Waals surface area contributed by atoms with Crippen molar-refractivity contribution in [3.63, 3.8) is 0 Å². The molecule has 0 radical (unpaired) electrons. The molecular formula is C16H30N2O. The summed E-state index contributed by atoms with van der Waals surface area (Å²) >= 11 is 0. The van der Waals surface area contributed by atoms with E-state index in [1.807, 2.05) is 0 Å². The molecule has 0 aromatic heterocycles. The fourth-order valence-electron chi connectivity index (χ4n) is 4.18. The van der Waals surface area contributed by atoms with Crippen LogP contribution in [-0.4, -0.2) is 50.3 Å². The Hall–Kier alpha value is -0.120. The quantitative estimate of drug-likeness (QED) is 0.773. The van der Waals surface area contributed by atoms with Crippen LogP contribution < -0.4 is 5.32 Å². The molecule has 1 spiro atoms. The lowest BCUT2D eigenvalue weighted by atomic mass is 9.77. The summed E-state index contributed by atoms with van der Waals surface area (Å²) in [6, 6.07) is 0. The van der Waals surface area contributed by atoms with Crippen LogP contribution in [0.1, 0.15) is 51.4 Å². The molecule has 0 amide bonds. The van der Waals surface area contributed by atoms with Gasteiger partial charge in [0, 0.05) is 26.2 Å². The Bertz CT molecular complexity index is 260. The van der Waals surface area contributed by atoms with Crippen molar-refractivity contribution < 1.29 is 4.74 Å². The van der Waals surface area contributed by atoms with E-state index in [1.54, 1.807) is 0 Å². The summed E-state index contributed by atoms with van der Waals surface area (Å²) in [4.78, 5) is 2.66. The van der Waals surface area contributed by atoms with Crippen molar-refractivity contribution >= 4 is 0 Å². The molecule has 0 aromatic rings. The second-order valence-corrected chi connectivity index (χ2v) is 6.89. The van der Waals surface area contributed by atoms with E-state index >= 15 is 0 Å². The molecule has 1 saturated carbocycles. The van der Waals surface area contributed by atoms with Gasteiger partial charge in [-0.3, -0.25) is 0 Å². The first-order chi connectivity index (χ1) is 9.36. The molecule has 0 aromatic carbocycles. The Labute approximate surface area is 118 Å². The Morgan fingerprint density at radius 1 is 1.05 bits per heavy atom. The zero-order valence-corrected chi connectivity index (χ0v) is 12.3. The van der Waals surface area contributed by atoms with E-state index in [0.717, 1.165) is 25.1 Å². The predicted molar refractivity (Wildman–Crippen MR) is 78.4 cm³/mol. The van der Waals surface area contributed by atoms with Crippen LogP contribution in [0, 0.1) is 5.41 Å². The number of hydrogen-bond acceptors (Lipinski definition) is 3. The molecule has 3 fully saturated rings. The van der Waals surface area contributed by atoms with Gasteiger partial charge < -0.3 is 15.0 Å². The maximum Gasteiger partial charge on any atom is 0.0700 e. The highest BCUT2D eigenvalue weighted by atomic mass is 16.5. The van der Waals surface area contributed by atoms with Crippen molar-refractivity contribution in [3.8, 4) is 0 Å². The summed E-state index contributed by atoms with van der Waals surface area (Å²) < 4.78 is 5.63. The van der Waals surface area contributed by atoms with Crippen molar-refractivity contribution in [2.45, 2.75) is 57.5 Å². The number of likely N-dealkylation sites (tertiary alicyclic amines) is 1. The molecule has 1 N–H and O–H groups in total. The average Bonchev–Trinajstić information content (AvgIpc) is 3.09. The van der Waals surface area contributed by atoms with Crippen LogP contribution in [0.25, 0.3) is 0 Å². The Balaban J connectivity index is 1.27. The average molecular weight is 266 g/mol. The molecule has 0 bridgehead atoms. The molecule has 2 saturated heterocycles. The van der Waals surface area contributed by atoms with Gasteiger partial charge in [0.25, 0.3) is 0 Å². The minimum atomic E-state index is 0.489. The van der Waals surface area contributed by atoms with Crippen LogP contribution in [0.2, 0.25) is 0 Å². The van der Waals surface area contributed by atoms with Crippen molar-refractivity contribution in [3.05, 3.63) is 0 Å². The van der Waals surface area contributed by atoms with Gasteiger partial charge in [-0.05, 0) is 57.0 Å². The highest BCUT2D eigenvalue weighted by Crippen LogP contribution is 2.45. The fraction of sp³-hybridized carbons (Fsp3) is 1.00. The Morgan fingerprint density at radius 2 is 1.84 bits per heavy atom. The molecule has 2 heterocycles. The molecular weight excluding hydrogens is 236 g/mol. The minimum absolute atomic E-state index is 0.489. The largest absolute Gasteiger partial charge is 0.377 e. The zero-order valence-electron chi connectivity index (χ0n) is 12.3. The Kier molecular flexibility index (Phi) is 4.78. The van der Waals surface area contributed by atoms with Crippen LogP contribution >= 0.6 is 0 Å². The normalized spacial score (nSPS) is 31.3. The van der Waals surface area contributed by atoms with E-state index in [-0.39, 0.29) is 0 Å². The highest BCUT2D eigenvalue weighted by molar-refractivity contribution is 4.89. The Morgan fingerprint density at radius 3 is 2.53 bits per heavy atom. The van der Waals surface area contributed by atoms with Crippen LogP contribution in [0.15, 0.2) is 0 Å². The van der Waals surface area contributed by atoms with E-state index in [4.69, 9.17) is 4.74 Å². The summed E-state index contributed by atoms with van der Waals surface area (Å²) in [6.45, 7) is 7.05. The SMILES string of the molecule is C1COC(CNCCN2CCC3(CCCC3)CC2)C1. The number of ether oxygens (including phenoxy) is 1. The van der Waals surface area contributed by atoms with E-state index in [1.165, 1.54) is 71.0 Å². The monoisotopic (exact) mass is 266 g/mol. The summed E-state index contributed by atoms with van der Waals surface area (Å²) in [5, 5.41) is 3.57. The number of nitrogens with zero attached hydrogens (tertiary/aromatic N) is 1. The van der Waals surface area contributed by atoms with Gasteiger partial charge in [0.05, 0.1) is 6.10 Å². The van der Waals surface area contributed by atoms with Crippen LogP contribution in [0.3, 0.4) is 0 Å². The van der Waals surface area contributed by atoms with Gasteiger partial charge in [0.15, 0.2) is 0 Å². The number of rotatable bonds is 5. The van der Waals surface area contributed by atoms with Crippen molar-refractivity contribution in [1.82, 2.24) is 10.2 Å². The standard InChI is InChI=1S/C16H30N2O/c1-2-6-16(5-1)7-10-18(11-8-16)12-9-17-14-15-4-3-13-19-15/h15,17H,1-14H2. The predicted octanol–water partition coefficient (Wildman–Crippen LogP) is 2.41. The first-order valence-corrected chi connectivity index (χ1v) is 8.41. The first kappa shape index (κ1) is 13.8. The summed E-state index contributed by atoms with van der Waals surface area (Å²) in [7, 11) is 0. The lowest BCUT2D eigenvalue weighted by Gasteiger charge is -2.39. The second kappa shape index (κ2) is 6.55. The van der Waals surface area contributed by atoms with Crippen molar-refractivity contribution in [1.29, 1.82) is 0 Å². The summed E-state index contributed by atoms with van der Waals surface area (Å²) in [6.07, 6.45) is 11.9. The van der Waals surface area contributed by atoms with Gasteiger partial charge in [0.2, 0.25) is 0 Å².